The van der Waals surface area contributed by atoms with Gasteiger partial charge in [-0.1, -0.05) is 58.6 Å². The predicted molar refractivity (Wildman–Crippen MR) is 208 cm³/mol. The van der Waals surface area contributed by atoms with Gasteiger partial charge in [-0.15, -0.1) is 0 Å². The number of likely N-dealkylation sites (tertiary alicyclic amines) is 2. The number of hydrogen-bond donors (Lipinski definition) is 5. The van der Waals surface area contributed by atoms with Gasteiger partial charge in [0.05, 0.1) is 55.3 Å². The number of ether oxygens (including phenoxy) is 2. The summed E-state index contributed by atoms with van der Waals surface area (Å²) in [5.74, 6) is 6.99. The molecule has 4 heterocycles. The van der Waals surface area contributed by atoms with Crippen LogP contribution in [0.15, 0.2) is 48.7 Å². The molecule has 0 spiro atoms. The molecule has 5 N–H and O–H groups in total. The molecular weight excluding hydrogens is 716 g/mol. The number of carbonyl (C=O) groups excluding carboxylic acids is 4. The third-order valence-corrected chi connectivity index (χ3v) is 10.3. The topological polar surface area (TPSA) is 195 Å². The number of β-amino-alcohol motifs (C(OH)–C–C–N with tert-alkyl or cyclic N) is 1. The first-order chi connectivity index (χ1) is 26.7. The summed E-state index contributed by atoms with van der Waals surface area (Å²) in [4.78, 5) is 70.8. The number of hydrogen-bond acceptors (Lipinski definition) is 9. The fraction of sp³-hybridized carbons (Fsp3) is 0.463. The molecular formula is C41H50N8O7. The maximum Gasteiger partial charge on any atom is 0.407 e. The molecule has 2 aliphatic heterocycles. The Labute approximate surface area is 325 Å². The van der Waals surface area contributed by atoms with Gasteiger partial charge in [-0.05, 0) is 60.1 Å². The molecule has 2 aromatic carbocycles. The molecule has 296 valence electrons. The second kappa shape index (κ2) is 16.5. The quantitative estimate of drug-likeness (QED) is 0.157. The Morgan fingerprint density at radius 2 is 1.57 bits per heavy atom. The predicted octanol–water partition coefficient (Wildman–Crippen LogP) is 4.80. The molecule has 5 atom stereocenters. The van der Waals surface area contributed by atoms with E-state index in [4.69, 9.17) is 14.5 Å². The summed E-state index contributed by atoms with van der Waals surface area (Å²) in [6.07, 6.45) is 1.58. The minimum absolute atomic E-state index is 0.125. The van der Waals surface area contributed by atoms with Crippen molar-refractivity contribution in [3.63, 3.8) is 0 Å². The zero-order valence-corrected chi connectivity index (χ0v) is 32.8. The van der Waals surface area contributed by atoms with Crippen LogP contribution in [-0.4, -0.2) is 104 Å². The highest BCUT2D eigenvalue weighted by Crippen LogP contribution is 2.35. The minimum Gasteiger partial charge on any atom is -0.453 e. The van der Waals surface area contributed by atoms with Gasteiger partial charge in [-0.2, -0.15) is 0 Å². The first-order valence-electron chi connectivity index (χ1n) is 18.8. The molecule has 6 rings (SSSR count). The first-order valence-corrected chi connectivity index (χ1v) is 18.8. The molecule has 0 unspecified atom stereocenters. The number of aromatic nitrogens is 4. The number of nitrogens with zero attached hydrogens (tertiary/aromatic N) is 4. The molecule has 15 nitrogen and oxygen atoms in total. The lowest BCUT2D eigenvalue weighted by molar-refractivity contribution is -0.137. The van der Waals surface area contributed by atoms with Crippen LogP contribution in [0.3, 0.4) is 0 Å². The van der Waals surface area contributed by atoms with Crippen LogP contribution in [0.4, 0.5) is 9.59 Å². The standard InChI is InChI=1S/C41H50N8O7/c1-23(2)33(46-39(53)55-6)37(51)49-22-27(50)20-32(49)36-43-28-17-14-25(19-29(28)44-36)11-10-24-12-15-26(16-13-24)30-21-42-35(45-30)31-9-8-18-48(31)38(52)34(41(3,4)5)47-40(54)56-7/h12-17,19,21,23,27,31-34,50H,8-9,18,20,22H2,1-7H3,(H,42,45)(H,43,44)(H,46,53)(H,47,54)/t27-,31+,32+,33+,34-/m1/s1. The van der Waals surface area contributed by atoms with E-state index in [1.165, 1.54) is 14.2 Å². The molecule has 2 aromatic heterocycles. The molecule has 2 aliphatic rings. The van der Waals surface area contributed by atoms with Gasteiger partial charge in [0.25, 0.3) is 0 Å². The van der Waals surface area contributed by atoms with Crippen molar-refractivity contribution in [2.75, 3.05) is 27.3 Å². The van der Waals surface area contributed by atoms with Crippen molar-refractivity contribution in [1.82, 2.24) is 40.4 Å². The number of amides is 4. The van der Waals surface area contributed by atoms with Gasteiger partial charge >= 0.3 is 12.2 Å². The van der Waals surface area contributed by atoms with Gasteiger partial charge in [0.2, 0.25) is 11.8 Å². The van der Waals surface area contributed by atoms with E-state index < -0.39 is 41.8 Å². The number of benzene rings is 2. The SMILES string of the molecule is COC(=O)N[C@H](C(=O)N1C[C@H](O)C[C@H]1c1nc2ccc(C#Cc3ccc(-c4cnc([C@@H]5CCCN5C(=O)[C@@H](NC(=O)OC)C(C)(C)C)[nH]4)cc3)cc2[nH]1)C(C)C. The number of aromatic amines is 2. The van der Waals surface area contributed by atoms with Crippen molar-refractivity contribution >= 4 is 35.0 Å². The fourth-order valence-corrected chi connectivity index (χ4v) is 7.30. The number of aliphatic hydroxyl groups excluding tert-OH is 1. The van der Waals surface area contributed by atoms with Crippen molar-refractivity contribution in [3.05, 3.63) is 71.4 Å². The summed E-state index contributed by atoms with van der Waals surface area (Å²) < 4.78 is 9.51. The Balaban J connectivity index is 1.14. The molecule has 0 aliphatic carbocycles. The summed E-state index contributed by atoms with van der Waals surface area (Å²) in [7, 11) is 2.53. The van der Waals surface area contributed by atoms with Crippen LogP contribution in [0.25, 0.3) is 22.3 Å². The summed E-state index contributed by atoms with van der Waals surface area (Å²) in [5, 5.41) is 15.9. The second-order valence-electron chi connectivity index (χ2n) is 15.7. The highest BCUT2D eigenvalue weighted by Gasteiger charge is 2.42. The van der Waals surface area contributed by atoms with Gasteiger partial charge < -0.3 is 45.0 Å². The van der Waals surface area contributed by atoms with E-state index in [-0.39, 0.29) is 30.3 Å². The number of imidazole rings is 2. The van der Waals surface area contributed by atoms with E-state index in [0.29, 0.717) is 30.1 Å². The van der Waals surface area contributed by atoms with Crippen molar-refractivity contribution in [2.45, 2.75) is 84.2 Å². The summed E-state index contributed by atoms with van der Waals surface area (Å²) in [6, 6.07) is 11.1. The average molecular weight is 767 g/mol. The molecule has 0 saturated carbocycles. The van der Waals surface area contributed by atoms with Crippen LogP contribution in [0.2, 0.25) is 0 Å². The number of carbonyl (C=O) groups is 4. The number of methoxy groups -OCH3 is 2. The van der Waals surface area contributed by atoms with Crippen LogP contribution >= 0.6 is 0 Å². The molecule has 0 bridgehead atoms. The van der Waals surface area contributed by atoms with Gasteiger partial charge in [0.15, 0.2) is 0 Å². The fourth-order valence-electron chi connectivity index (χ4n) is 7.30. The highest BCUT2D eigenvalue weighted by atomic mass is 16.5. The molecule has 2 saturated heterocycles. The second-order valence-corrected chi connectivity index (χ2v) is 15.7. The van der Waals surface area contributed by atoms with E-state index in [9.17, 15) is 24.3 Å². The van der Waals surface area contributed by atoms with E-state index in [1.807, 2.05) is 77.1 Å². The van der Waals surface area contributed by atoms with Crippen LogP contribution in [0, 0.1) is 23.2 Å². The highest BCUT2D eigenvalue weighted by molar-refractivity contribution is 5.88. The molecule has 4 amide bonds. The van der Waals surface area contributed by atoms with Crippen molar-refractivity contribution in [1.29, 1.82) is 0 Å². The molecule has 56 heavy (non-hydrogen) atoms. The maximum absolute atomic E-state index is 13.7. The Kier molecular flexibility index (Phi) is 11.7. The Bertz CT molecular complexity index is 2140. The van der Waals surface area contributed by atoms with Crippen molar-refractivity contribution < 1.29 is 33.8 Å². The smallest absolute Gasteiger partial charge is 0.407 e. The molecule has 4 aromatic rings. The third-order valence-electron chi connectivity index (χ3n) is 10.3. The lowest BCUT2D eigenvalue weighted by atomic mass is 9.85. The minimum atomic E-state index is -0.821. The number of rotatable bonds is 8. The molecule has 0 radical (unpaired) electrons. The van der Waals surface area contributed by atoms with Crippen LogP contribution in [-0.2, 0) is 19.1 Å². The first kappa shape index (κ1) is 39.8. The largest absolute Gasteiger partial charge is 0.453 e. The zero-order valence-electron chi connectivity index (χ0n) is 32.8. The normalized spacial score (nSPS) is 19.3. The lowest BCUT2D eigenvalue weighted by Gasteiger charge is -2.35. The number of H-pyrrole nitrogens is 2. The zero-order chi connectivity index (χ0) is 40.3. The number of fused-ring (bicyclic) bond motifs is 1. The number of aliphatic hydroxyl groups is 1. The van der Waals surface area contributed by atoms with Gasteiger partial charge in [0, 0.05) is 30.6 Å². The van der Waals surface area contributed by atoms with Crippen molar-refractivity contribution in [3.8, 4) is 23.1 Å². The van der Waals surface area contributed by atoms with Crippen LogP contribution in [0.1, 0.15) is 88.7 Å². The van der Waals surface area contributed by atoms with Gasteiger partial charge in [-0.3, -0.25) is 9.59 Å². The van der Waals surface area contributed by atoms with E-state index in [0.717, 1.165) is 40.7 Å². The maximum atomic E-state index is 13.7. The molecule has 15 heteroatoms. The van der Waals surface area contributed by atoms with E-state index in [2.05, 4.69) is 37.4 Å². The summed E-state index contributed by atoms with van der Waals surface area (Å²) in [6.45, 7) is 10.1. The third kappa shape index (κ3) is 8.65. The Morgan fingerprint density at radius 3 is 2.25 bits per heavy atom. The lowest BCUT2D eigenvalue weighted by Crippen LogP contribution is -2.54. The van der Waals surface area contributed by atoms with Crippen molar-refractivity contribution in [2.24, 2.45) is 11.3 Å². The Hall–Kier alpha value is -5.88. The number of nitrogens with one attached hydrogen (secondary N) is 4. The molecule has 2 fully saturated rings. The van der Waals surface area contributed by atoms with Crippen LogP contribution < -0.4 is 10.6 Å². The number of alkyl carbamates (subject to hydrolysis) is 2. The van der Waals surface area contributed by atoms with Gasteiger partial charge in [-0.25, -0.2) is 19.6 Å². The van der Waals surface area contributed by atoms with Gasteiger partial charge in [0.1, 0.15) is 23.7 Å². The average Bonchev–Trinajstić information content (AvgIpc) is 4.00. The summed E-state index contributed by atoms with van der Waals surface area (Å²) in [5.41, 5.74) is 4.23. The van der Waals surface area contributed by atoms with Crippen LogP contribution in [0.5, 0.6) is 0 Å². The Morgan fingerprint density at radius 1 is 0.893 bits per heavy atom. The van der Waals surface area contributed by atoms with E-state index in [1.54, 1.807) is 16.0 Å². The monoisotopic (exact) mass is 766 g/mol. The summed E-state index contributed by atoms with van der Waals surface area (Å²) >= 11 is 0. The van der Waals surface area contributed by atoms with E-state index >= 15 is 0 Å².